The first-order valence-corrected chi connectivity index (χ1v) is 9.67. The van der Waals surface area contributed by atoms with E-state index in [4.69, 9.17) is 4.99 Å². The molecule has 0 amide bonds. The van der Waals surface area contributed by atoms with Gasteiger partial charge in [-0.15, -0.1) is 0 Å². The maximum atomic E-state index is 14.0. The minimum Gasteiger partial charge on any atom is -0.366 e. The molecule has 1 aliphatic rings. The van der Waals surface area contributed by atoms with E-state index in [1.165, 1.54) is 11.6 Å². The van der Waals surface area contributed by atoms with Crippen LogP contribution in [-0.4, -0.2) is 59.9 Å². The van der Waals surface area contributed by atoms with Crippen LogP contribution in [0.1, 0.15) is 18.9 Å². The normalized spacial score (nSPS) is 15.3. The van der Waals surface area contributed by atoms with E-state index in [1.807, 2.05) is 30.1 Å². The monoisotopic (exact) mass is 372 g/mol. The van der Waals surface area contributed by atoms with Crippen LogP contribution in [0.3, 0.4) is 0 Å². The minimum absolute atomic E-state index is 0.151. The smallest absolute Gasteiger partial charge is 0.194 e. The highest BCUT2D eigenvalue weighted by Gasteiger charge is 2.21. The molecule has 1 aliphatic heterocycles. The van der Waals surface area contributed by atoms with Gasteiger partial charge in [0.25, 0.3) is 0 Å². The number of nitrogens with zero attached hydrogens (tertiary/aromatic N) is 5. The lowest BCUT2D eigenvalue weighted by Gasteiger charge is -2.37. The topological polar surface area (TPSA) is 48.7 Å². The van der Waals surface area contributed by atoms with Crippen LogP contribution in [0.5, 0.6) is 0 Å². The van der Waals surface area contributed by atoms with E-state index in [-0.39, 0.29) is 5.82 Å². The van der Waals surface area contributed by atoms with E-state index in [0.717, 1.165) is 58.1 Å². The third kappa shape index (κ3) is 5.21. The Balaban J connectivity index is 1.52. The zero-order chi connectivity index (χ0) is 19.1. The summed E-state index contributed by atoms with van der Waals surface area (Å²) < 4.78 is 15.8. The van der Waals surface area contributed by atoms with Gasteiger partial charge < -0.3 is 15.1 Å². The number of halogens is 1. The Morgan fingerprint density at radius 1 is 1.22 bits per heavy atom. The van der Waals surface area contributed by atoms with E-state index in [9.17, 15) is 4.39 Å². The number of anilines is 1. The van der Waals surface area contributed by atoms with Gasteiger partial charge in [-0.05, 0) is 37.5 Å². The van der Waals surface area contributed by atoms with Crippen molar-refractivity contribution in [1.29, 1.82) is 0 Å². The summed E-state index contributed by atoms with van der Waals surface area (Å²) in [6, 6.07) is 6.99. The first-order valence-electron chi connectivity index (χ1n) is 9.67. The Labute approximate surface area is 160 Å². The molecule has 0 atom stereocenters. The van der Waals surface area contributed by atoms with E-state index in [0.29, 0.717) is 5.69 Å². The van der Waals surface area contributed by atoms with Crippen LogP contribution in [0.15, 0.2) is 41.7 Å². The number of benzene rings is 1. The second-order valence-corrected chi connectivity index (χ2v) is 6.79. The van der Waals surface area contributed by atoms with E-state index < -0.39 is 0 Å². The molecule has 2 heterocycles. The summed E-state index contributed by atoms with van der Waals surface area (Å²) in [4.78, 5) is 9.16. The summed E-state index contributed by atoms with van der Waals surface area (Å²) in [6.07, 6.45) is 5.95. The highest BCUT2D eigenvalue weighted by Crippen LogP contribution is 2.20. The minimum atomic E-state index is -0.151. The summed E-state index contributed by atoms with van der Waals surface area (Å²) in [5.74, 6) is 0.804. The zero-order valence-corrected chi connectivity index (χ0v) is 16.2. The molecule has 1 aromatic carbocycles. The van der Waals surface area contributed by atoms with E-state index in [1.54, 1.807) is 6.07 Å². The SMILES string of the molecule is CCNC(=NCCCc1cnn(C)c1)N1CCN(c2ccccc2F)CC1. The summed E-state index contributed by atoms with van der Waals surface area (Å²) >= 11 is 0. The second kappa shape index (κ2) is 9.39. The number of guanidine groups is 1. The van der Waals surface area contributed by atoms with Crippen LogP contribution in [0.2, 0.25) is 0 Å². The summed E-state index contributed by atoms with van der Waals surface area (Å²) in [6.45, 7) is 6.97. The maximum absolute atomic E-state index is 14.0. The van der Waals surface area contributed by atoms with E-state index in [2.05, 4.69) is 33.3 Å². The van der Waals surface area contributed by atoms with Crippen molar-refractivity contribution in [2.24, 2.45) is 12.0 Å². The quantitative estimate of drug-likeness (QED) is 0.480. The van der Waals surface area contributed by atoms with Gasteiger partial charge in [-0.1, -0.05) is 12.1 Å². The Morgan fingerprint density at radius 2 is 2.00 bits per heavy atom. The molecule has 1 saturated heterocycles. The molecule has 0 saturated carbocycles. The molecular weight excluding hydrogens is 343 g/mol. The molecule has 0 radical (unpaired) electrons. The van der Waals surface area contributed by atoms with Crippen LogP contribution in [0.25, 0.3) is 0 Å². The molecule has 2 aromatic rings. The first kappa shape index (κ1) is 19.2. The van der Waals surface area contributed by atoms with Gasteiger partial charge in [0.2, 0.25) is 0 Å². The van der Waals surface area contributed by atoms with Gasteiger partial charge in [0.15, 0.2) is 5.96 Å². The van der Waals surface area contributed by atoms with Crippen molar-refractivity contribution in [3.8, 4) is 0 Å². The second-order valence-electron chi connectivity index (χ2n) is 6.79. The molecule has 0 bridgehead atoms. The van der Waals surface area contributed by atoms with Crippen molar-refractivity contribution in [2.75, 3.05) is 44.2 Å². The van der Waals surface area contributed by atoms with Crippen LogP contribution in [0.4, 0.5) is 10.1 Å². The fourth-order valence-electron chi connectivity index (χ4n) is 3.36. The van der Waals surface area contributed by atoms with Gasteiger partial charge in [0.1, 0.15) is 5.82 Å². The fraction of sp³-hybridized carbons (Fsp3) is 0.500. The molecule has 0 unspecified atom stereocenters. The molecular formula is C20H29FN6. The van der Waals surface area contributed by atoms with Crippen molar-refractivity contribution >= 4 is 11.6 Å². The van der Waals surface area contributed by atoms with Gasteiger partial charge in [-0.3, -0.25) is 9.67 Å². The van der Waals surface area contributed by atoms with Crippen LogP contribution in [0, 0.1) is 5.82 Å². The lowest BCUT2D eigenvalue weighted by Crippen LogP contribution is -2.52. The highest BCUT2D eigenvalue weighted by molar-refractivity contribution is 5.80. The lowest BCUT2D eigenvalue weighted by atomic mass is 10.2. The molecule has 3 rings (SSSR count). The molecule has 1 fully saturated rings. The number of nitrogens with one attached hydrogen (secondary N) is 1. The Morgan fingerprint density at radius 3 is 2.67 bits per heavy atom. The number of rotatable bonds is 6. The lowest BCUT2D eigenvalue weighted by molar-refractivity contribution is 0.370. The van der Waals surface area contributed by atoms with Gasteiger partial charge >= 0.3 is 0 Å². The van der Waals surface area contributed by atoms with Gasteiger partial charge in [0, 0.05) is 52.5 Å². The van der Waals surface area contributed by atoms with Crippen molar-refractivity contribution in [2.45, 2.75) is 19.8 Å². The van der Waals surface area contributed by atoms with Crippen LogP contribution in [-0.2, 0) is 13.5 Å². The van der Waals surface area contributed by atoms with E-state index >= 15 is 0 Å². The maximum Gasteiger partial charge on any atom is 0.194 e. The van der Waals surface area contributed by atoms with Crippen molar-refractivity contribution in [1.82, 2.24) is 20.0 Å². The van der Waals surface area contributed by atoms with Gasteiger partial charge in [-0.25, -0.2) is 4.39 Å². The largest absolute Gasteiger partial charge is 0.366 e. The number of aromatic nitrogens is 2. The van der Waals surface area contributed by atoms with Gasteiger partial charge in [-0.2, -0.15) is 5.10 Å². The van der Waals surface area contributed by atoms with Crippen LogP contribution < -0.4 is 10.2 Å². The third-order valence-electron chi connectivity index (χ3n) is 4.75. The predicted molar refractivity (Wildman–Crippen MR) is 108 cm³/mol. The first-order chi connectivity index (χ1) is 13.2. The molecule has 0 aliphatic carbocycles. The number of aliphatic imine (C=N–C) groups is 1. The zero-order valence-electron chi connectivity index (χ0n) is 16.2. The Hall–Kier alpha value is -2.57. The highest BCUT2D eigenvalue weighted by atomic mass is 19.1. The van der Waals surface area contributed by atoms with Crippen molar-refractivity contribution in [3.63, 3.8) is 0 Å². The Kier molecular flexibility index (Phi) is 6.68. The van der Waals surface area contributed by atoms with Crippen LogP contribution >= 0.6 is 0 Å². The number of hydrogen-bond donors (Lipinski definition) is 1. The average Bonchev–Trinajstić information content (AvgIpc) is 3.10. The van der Waals surface area contributed by atoms with Crippen molar-refractivity contribution in [3.05, 3.63) is 48.0 Å². The fourth-order valence-corrected chi connectivity index (χ4v) is 3.36. The summed E-state index contributed by atoms with van der Waals surface area (Å²) in [5, 5.41) is 7.59. The third-order valence-corrected chi connectivity index (χ3v) is 4.75. The summed E-state index contributed by atoms with van der Waals surface area (Å²) in [7, 11) is 1.94. The predicted octanol–water partition coefficient (Wildman–Crippen LogP) is 2.28. The molecule has 6 nitrogen and oxygen atoms in total. The molecule has 27 heavy (non-hydrogen) atoms. The number of para-hydroxylation sites is 1. The average molecular weight is 372 g/mol. The molecule has 146 valence electrons. The molecule has 7 heteroatoms. The van der Waals surface area contributed by atoms with Crippen molar-refractivity contribution < 1.29 is 4.39 Å². The Bertz CT molecular complexity index is 748. The van der Waals surface area contributed by atoms with Gasteiger partial charge in [0.05, 0.1) is 11.9 Å². The number of hydrogen-bond acceptors (Lipinski definition) is 3. The molecule has 1 N–H and O–H groups in total. The number of aryl methyl sites for hydroxylation is 2. The summed E-state index contributed by atoms with van der Waals surface area (Å²) in [5.41, 5.74) is 1.94. The number of piperazine rings is 1. The molecule has 1 aromatic heterocycles. The standard InChI is InChI=1S/C20H29FN6/c1-3-22-20(23-10-6-7-17-15-24-25(2)16-17)27-13-11-26(12-14-27)19-9-5-4-8-18(19)21/h4-5,8-9,15-16H,3,6-7,10-14H2,1-2H3,(H,22,23). The molecule has 0 spiro atoms.